The summed E-state index contributed by atoms with van der Waals surface area (Å²) in [5.74, 6) is 0.121. The van der Waals surface area contributed by atoms with Crippen LogP contribution in [0.25, 0.3) is 5.65 Å². The molecule has 0 aliphatic carbocycles. The Kier molecular flexibility index (Phi) is 1.95. The molecule has 0 N–H and O–H groups in total. The van der Waals surface area contributed by atoms with Crippen molar-refractivity contribution in [1.82, 2.24) is 9.38 Å². The summed E-state index contributed by atoms with van der Waals surface area (Å²) < 4.78 is 20.1. The van der Waals surface area contributed by atoms with E-state index in [0.717, 1.165) is 25.3 Å². The number of imidazole rings is 1. The van der Waals surface area contributed by atoms with Crippen LogP contribution in [0.4, 0.5) is 4.39 Å². The Bertz CT molecular complexity index is 488. The summed E-state index contributed by atoms with van der Waals surface area (Å²) in [7, 11) is 0. The Morgan fingerprint density at radius 1 is 1.53 bits per heavy atom. The van der Waals surface area contributed by atoms with Crippen LogP contribution >= 0.6 is 0 Å². The monoisotopic (exact) mass is 206 g/mol. The number of hydrogen-bond acceptors (Lipinski definition) is 2. The van der Waals surface area contributed by atoms with E-state index in [4.69, 9.17) is 4.74 Å². The van der Waals surface area contributed by atoms with Gasteiger partial charge in [0, 0.05) is 31.0 Å². The molecule has 3 nitrogen and oxygen atoms in total. The van der Waals surface area contributed by atoms with Gasteiger partial charge in [-0.2, -0.15) is 0 Å². The second-order valence-electron chi connectivity index (χ2n) is 3.84. The quantitative estimate of drug-likeness (QED) is 0.713. The van der Waals surface area contributed by atoms with Gasteiger partial charge in [-0.3, -0.25) is 0 Å². The Hall–Kier alpha value is -1.42. The molecule has 1 fully saturated rings. The molecule has 0 radical (unpaired) electrons. The molecule has 3 rings (SSSR count). The van der Waals surface area contributed by atoms with Gasteiger partial charge in [0.15, 0.2) is 0 Å². The number of nitrogens with zero attached hydrogens (tertiary/aromatic N) is 2. The van der Waals surface area contributed by atoms with Crippen molar-refractivity contribution in [1.29, 1.82) is 0 Å². The van der Waals surface area contributed by atoms with Crippen LogP contribution in [-0.4, -0.2) is 22.6 Å². The Morgan fingerprint density at radius 2 is 2.47 bits per heavy atom. The van der Waals surface area contributed by atoms with Gasteiger partial charge >= 0.3 is 0 Å². The molecule has 1 saturated heterocycles. The van der Waals surface area contributed by atoms with E-state index in [2.05, 4.69) is 4.98 Å². The van der Waals surface area contributed by atoms with E-state index in [1.165, 1.54) is 12.1 Å². The zero-order valence-corrected chi connectivity index (χ0v) is 8.19. The fourth-order valence-corrected chi connectivity index (χ4v) is 1.94. The molecule has 0 aromatic carbocycles. The summed E-state index contributed by atoms with van der Waals surface area (Å²) in [4.78, 5) is 4.40. The minimum atomic E-state index is -0.248. The molecule has 0 unspecified atom stereocenters. The highest BCUT2D eigenvalue weighted by atomic mass is 19.1. The number of hydrogen-bond donors (Lipinski definition) is 0. The van der Waals surface area contributed by atoms with Crippen molar-refractivity contribution < 1.29 is 9.13 Å². The SMILES string of the molecule is Fc1ccn2cc([C@H]3CCOC3)nc2c1. The lowest BCUT2D eigenvalue weighted by Gasteiger charge is -2.00. The van der Waals surface area contributed by atoms with Gasteiger partial charge in [-0.1, -0.05) is 0 Å². The van der Waals surface area contributed by atoms with E-state index in [1.54, 1.807) is 6.20 Å². The van der Waals surface area contributed by atoms with Crippen LogP contribution < -0.4 is 0 Å². The summed E-state index contributed by atoms with van der Waals surface area (Å²) in [6.07, 6.45) is 4.65. The maximum atomic E-state index is 12.9. The van der Waals surface area contributed by atoms with Crippen LogP contribution in [0, 0.1) is 5.82 Å². The van der Waals surface area contributed by atoms with Crippen molar-refractivity contribution in [2.75, 3.05) is 13.2 Å². The lowest BCUT2D eigenvalue weighted by Crippen LogP contribution is -1.96. The number of halogens is 1. The highest BCUT2D eigenvalue weighted by molar-refractivity contribution is 5.40. The van der Waals surface area contributed by atoms with Gasteiger partial charge in [0.25, 0.3) is 0 Å². The number of aromatic nitrogens is 2. The second kappa shape index (κ2) is 3.31. The van der Waals surface area contributed by atoms with Gasteiger partial charge in [0.05, 0.1) is 12.3 Å². The molecular weight excluding hydrogens is 195 g/mol. The third kappa shape index (κ3) is 1.51. The number of fused-ring (bicyclic) bond motifs is 1. The van der Waals surface area contributed by atoms with Crippen molar-refractivity contribution in [3.05, 3.63) is 36.0 Å². The number of rotatable bonds is 1. The second-order valence-corrected chi connectivity index (χ2v) is 3.84. The lowest BCUT2D eigenvalue weighted by molar-refractivity contribution is 0.193. The van der Waals surface area contributed by atoms with Gasteiger partial charge in [-0.15, -0.1) is 0 Å². The lowest BCUT2D eigenvalue weighted by atomic mass is 10.1. The van der Waals surface area contributed by atoms with Crippen molar-refractivity contribution in [2.24, 2.45) is 0 Å². The maximum absolute atomic E-state index is 12.9. The first-order chi connectivity index (χ1) is 7.33. The summed E-state index contributed by atoms with van der Waals surface area (Å²) in [5, 5.41) is 0. The predicted molar refractivity (Wildman–Crippen MR) is 53.3 cm³/mol. The molecule has 0 saturated carbocycles. The van der Waals surface area contributed by atoms with Crippen LogP contribution in [0.2, 0.25) is 0 Å². The predicted octanol–water partition coefficient (Wildman–Crippen LogP) is 1.98. The maximum Gasteiger partial charge on any atom is 0.139 e. The molecule has 15 heavy (non-hydrogen) atoms. The molecule has 1 aliphatic rings. The summed E-state index contributed by atoms with van der Waals surface area (Å²) in [5.41, 5.74) is 1.66. The largest absolute Gasteiger partial charge is 0.381 e. The average Bonchev–Trinajstić information content (AvgIpc) is 2.84. The van der Waals surface area contributed by atoms with E-state index in [9.17, 15) is 4.39 Å². The molecular formula is C11H11FN2O. The molecule has 0 amide bonds. The Morgan fingerprint density at radius 3 is 3.27 bits per heavy atom. The van der Waals surface area contributed by atoms with E-state index in [1.807, 2.05) is 10.6 Å². The first kappa shape index (κ1) is 8.85. The third-order valence-electron chi connectivity index (χ3n) is 2.79. The fraction of sp³-hybridized carbons (Fsp3) is 0.364. The van der Waals surface area contributed by atoms with Gasteiger partial charge in [-0.25, -0.2) is 9.37 Å². The molecule has 4 heteroatoms. The zero-order chi connectivity index (χ0) is 10.3. The molecule has 1 atom stereocenters. The molecule has 78 valence electrons. The molecule has 0 spiro atoms. The topological polar surface area (TPSA) is 26.5 Å². The van der Waals surface area contributed by atoms with Gasteiger partial charge in [0.1, 0.15) is 11.5 Å². The molecule has 3 heterocycles. The molecule has 2 aromatic heterocycles. The minimum absolute atomic E-state index is 0.248. The van der Waals surface area contributed by atoms with Crippen molar-refractivity contribution in [2.45, 2.75) is 12.3 Å². The third-order valence-corrected chi connectivity index (χ3v) is 2.79. The Balaban J connectivity index is 2.05. The van der Waals surface area contributed by atoms with Crippen molar-refractivity contribution in [3.63, 3.8) is 0 Å². The van der Waals surface area contributed by atoms with E-state index < -0.39 is 0 Å². The summed E-state index contributed by atoms with van der Waals surface area (Å²) in [6, 6.07) is 2.88. The highest BCUT2D eigenvalue weighted by Crippen LogP contribution is 2.24. The van der Waals surface area contributed by atoms with Crippen LogP contribution in [0.1, 0.15) is 18.0 Å². The average molecular weight is 206 g/mol. The standard InChI is InChI=1S/C11H11FN2O/c12-9-1-3-14-6-10(13-11(14)5-9)8-2-4-15-7-8/h1,3,5-6,8H,2,4,7H2/t8-/m0/s1. The van der Waals surface area contributed by atoms with Gasteiger partial charge in [0.2, 0.25) is 0 Å². The summed E-state index contributed by atoms with van der Waals surface area (Å²) >= 11 is 0. The van der Waals surface area contributed by atoms with Crippen LogP contribution in [0.3, 0.4) is 0 Å². The van der Waals surface area contributed by atoms with Crippen molar-refractivity contribution in [3.8, 4) is 0 Å². The molecule has 2 aromatic rings. The first-order valence-electron chi connectivity index (χ1n) is 5.05. The van der Waals surface area contributed by atoms with Gasteiger partial charge < -0.3 is 9.14 Å². The van der Waals surface area contributed by atoms with Crippen LogP contribution in [0.5, 0.6) is 0 Å². The van der Waals surface area contributed by atoms with E-state index in [-0.39, 0.29) is 5.82 Å². The Labute approximate surface area is 86.5 Å². The molecule has 0 bridgehead atoms. The van der Waals surface area contributed by atoms with Crippen LogP contribution in [0.15, 0.2) is 24.5 Å². The van der Waals surface area contributed by atoms with E-state index >= 15 is 0 Å². The number of ether oxygens (including phenoxy) is 1. The fourth-order valence-electron chi connectivity index (χ4n) is 1.94. The highest BCUT2D eigenvalue weighted by Gasteiger charge is 2.20. The first-order valence-corrected chi connectivity index (χ1v) is 5.05. The van der Waals surface area contributed by atoms with Gasteiger partial charge in [-0.05, 0) is 12.5 Å². The van der Waals surface area contributed by atoms with Crippen molar-refractivity contribution >= 4 is 5.65 Å². The van der Waals surface area contributed by atoms with E-state index in [0.29, 0.717) is 11.6 Å². The summed E-state index contributed by atoms with van der Waals surface area (Å²) in [6.45, 7) is 1.53. The normalized spacial score (nSPS) is 21.3. The van der Waals surface area contributed by atoms with Crippen LogP contribution in [-0.2, 0) is 4.74 Å². The smallest absolute Gasteiger partial charge is 0.139 e. The molecule has 1 aliphatic heterocycles. The number of pyridine rings is 1. The zero-order valence-electron chi connectivity index (χ0n) is 8.19. The minimum Gasteiger partial charge on any atom is -0.381 e.